The van der Waals surface area contributed by atoms with Gasteiger partial charge >= 0.3 is 12.1 Å². The van der Waals surface area contributed by atoms with E-state index in [2.05, 4.69) is 5.32 Å². The van der Waals surface area contributed by atoms with Crippen molar-refractivity contribution in [2.75, 3.05) is 5.32 Å². The van der Waals surface area contributed by atoms with Gasteiger partial charge in [0.1, 0.15) is 28.6 Å². The van der Waals surface area contributed by atoms with Gasteiger partial charge in [0.2, 0.25) is 0 Å². The summed E-state index contributed by atoms with van der Waals surface area (Å²) < 4.78 is 10.8. The van der Waals surface area contributed by atoms with Crippen molar-refractivity contribution in [1.29, 1.82) is 0 Å². The van der Waals surface area contributed by atoms with Gasteiger partial charge in [-0.2, -0.15) is 0 Å². The van der Waals surface area contributed by atoms with Crippen LogP contribution >= 0.6 is 0 Å². The second-order valence-electron chi connectivity index (χ2n) is 5.44. The first-order chi connectivity index (χ1) is 13.0. The molecular formula is C20H15NO6. The molecule has 3 N–H and O–H groups in total. The highest BCUT2D eigenvalue weighted by Gasteiger charge is 2.12. The highest BCUT2D eigenvalue weighted by Crippen LogP contribution is 2.25. The number of benzene rings is 3. The van der Waals surface area contributed by atoms with Crippen LogP contribution in [0.2, 0.25) is 0 Å². The Morgan fingerprint density at radius 3 is 2.07 bits per heavy atom. The first kappa shape index (κ1) is 17.8. The van der Waals surface area contributed by atoms with Crippen LogP contribution in [0.4, 0.5) is 10.5 Å². The molecule has 3 aromatic carbocycles. The molecule has 0 aliphatic rings. The summed E-state index contributed by atoms with van der Waals surface area (Å²) in [5, 5.41) is 20.9. The van der Waals surface area contributed by atoms with Crippen LogP contribution in [0, 0.1) is 0 Å². The fourth-order valence-corrected chi connectivity index (χ4v) is 2.24. The minimum Gasteiger partial charge on any atom is -0.507 e. The van der Waals surface area contributed by atoms with Crippen LogP contribution in [-0.4, -0.2) is 22.3 Å². The van der Waals surface area contributed by atoms with E-state index in [1.165, 1.54) is 12.1 Å². The first-order valence-corrected chi connectivity index (χ1v) is 7.89. The number of phenols is 1. The highest BCUT2D eigenvalue weighted by atomic mass is 16.6. The molecule has 0 atom stereocenters. The number of nitrogens with one attached hydrogen (secondary N) is 1. The highest BCUT2D eigenvalue weighted by molar-refractivity contribution is 5.93. The van der Waals surface area contributed by atoms with E-state index < -0.39 is 17.8 Å². The molecule has 0 heterocycles. The largest absolute Gasteiger partial charge is 0.507 e. The predicted octanol–water partition coefficient (Wildman–Crippen LogP) is 4.49. The van der Waals surface area contributed by atoms with Crippen LogP contribution in [0.1, 0.15) is 10.4 Å². The lowest BCUT2D eigenvalue weighted by atomic mass is 10.2. The molecule has 0 aromatic heterocycles. The summed E-state index contributed by atoms with van der Waals surface area (Å²) in [6.45, 7) is 0. The molecule has 0 aliphatic heterocycles. The summed E-state index contributed by atoms with van der Waals surface area (Å²) >= 11 is 0. The van der Waals surface area contributed by atoms with Gasteiger partial charge in [-0.05, 0) is 48.5 Å². The average Bonchev–Trinajstić information content (AvgIpc) is 2.64. The van der Waals surface area contributed by atoms with Crippen molar-refractivity contribution in [2.45, 2.75) is 0 Å². The van der Waals surface area contributed by atoms with Crippen LogP contribution in [0.15, 0.2) is 72.8 Å². The molecule has 0 saturated heterocycles. The van der Waals surface area contributed by atoms with Crippen molar-refractivity contribution in [3.63, 3.8) is 0 Å². The number of carbonyl (C=O) groups is 2. The van der Waals surface area contributed by atoms with E-state index in [-0.39, 0.29) is 11.3 Å². The van der Waals surface area contributed by atoms with Gasteiger partial charge in [0.25, 0.3) is 0 Å². The molecule has 7 nitrogen and oxygen atoms in total. The minimum atomic E-state index is -1.26. The van der Waals surface area contributed by atoms with Crippen LogP contribution in [-0.2, 0) is 0 Å². The number of ether oxygens (including phenoxy) is 2. The zero-order chi connectivity index (χ0) is 19.2. The van der Waals surface area contributed by atoms with Gasteiger partial charge in [0.15, 0.2) is 0 Å². The zero-order valence-electron chi connectivity index (χ0n) is 14.0. The Kier molecular flexibility index (Phi) is 5.22. The van der Waals surface area contributed by atoms with E-state index in [0.29, 0.717) is 17.2 Å². The Bertz CT molecular complexity index is 954. The Hall–Kier alpha value is -4.00. The van der Waals surface area contributed by atoms with E-state index in [4.69, 9.17) is 14.6 Å². The number of amides is 1. The molecule has 136 valence electrons. The van der Waals surface area contributed by atoms with E-state index in [0.717, 1.165) is 6.07 Å². The Morgan fingerprint density at radius 1 is 0.815 bits per heavy atom. The van der Waals surface area contributed by atoms with Crippen molar-refractivity contribution in [3.05, 3.63) is 78.4 Å². The molecule has 0 fully saturated rings. The van der Waals surface area contributed by atoms with Gasteiger partial charge in [0.05, 0.1) is 0 Å². The SMILES string of the molecule is O=C(Nc1ccc(C(=O)O)c(O)c1)Oc1ccc(Oc2ccccc2)cc1. The molecule has 0 spiro atoms. The van der Waals surface area contributed by atoms with Gasteiger partial charge in [-0.1, -0.05) is 18.2 Å². The second kappa shape index (κ2) is 7.92. The lowest BCUT2D eigenvalue weighted by Gasteiger charge is -2.09. The van der Waals surface area contributed by atoms with Crippen LogP contribution < -0.4 is 14.8 Å². The van der Waals surface area contributed by atoms with Crippen molar-refractivity contribution in [1.82, 2.24) is 0 Å². The van der Waals surface area contributed by atoms with Gasteiger partial charge in [-0.25, -0.2) is 9.59 Å². The van der Waals surface area contributed by atoms with Crippen LogP contribution in [0.3, 0.4) is 0 Å². The molecular weight excluding hydrogens is 350 g/mol. The average molecular weight is 365 g/mol. The molecule has 3 rings (SSSR count). The lowest BCUT2D eigenvalue weighted by Crippen LogP contribution is -2.16. The first-order valence-electron chi connectivity index (χ1n) is 7.89. The lowest BCUT2D eigenvalue weighted by molar-refractivity contribution is 0.0693. The monoisotopic (exact) mass is 365 g/mol. The number of para-hydroxylation sites is 1. The van der Waals surface area contributed by atoms with Gasteiger partial charge in [0, 0.05) is 11.8 Å². The summed E-state index contributed by atoms with van der Waals surface area (Å²) in [6.07, 6.45) is -0.783. The molecule has 0 bridgehead atoms. The summed E-state index contributed by atoms with van der Waals surface area (Å²) in [6, 6.07) is 19.4. The number of carbonyl (C=O) groups excluding carboxylic acids is 1. The number of aromatic hydroxyl groups is 1. The van der Waals surface area contributed by atoms with Crippen molar-refractivity contribution in [2.24, 2.45) is 0 Å². The number of hydrogen-bond donors (Lipinski definition) is 3. The number of carboxylic acid groups (broad SMARTS) is 1. The third-order valence-corrected chi connectivity index (χ3v) is 3.49. The third-order valence-electron chi connectivity index (χ3n) is 3.49. The van der Waals surface area contributed by atoms with E-state index in [1.807, 2.05) is 30.3 Å². The van der Waals surface area contributed by atoms with E-state index >= 15 is 0 Å². The summed E-state index contributed by atoms with van der Waals surface area (Å²) in [4.78, 5) is 22.8. The van der Waals surface area contributed by atoms with Crippen LogP contribution in [0.5, 0.6) is 23.0 Å². The van der Waals surface area contributed by atoms with Gasteiger partial charge in [-0.3, -0.25) is 5.32 Å². The van der Waals surface area contributed by atoms with Gasteiger partial charge < -0.3 is 19.7 Å². The molecule has 3 aromatic rings. The van der Waals surface area contributed by atoms with Crippen molar-refractivity contribution < 1.29 is 29.3 Å². The molecule has 1 amide bonds. The number of carboxylic acids is 1. The fourth-order valence-electron chi connectivity index (χ4n) is 2.24. The Labute approximate surface area is 154 Å². The molecule has 7 heteroatoms. The van der Waals surface area contributed by atoms with Gasteiger partial charge in [-0.15, -0.1) is 0 Å². The maximum atomic E-state index is 11.9. The van der Waals surface area contributed by atoms with Crippen molar-refractivity contribution in [3.8, 4) is 23.0 Å². The standard InChI is InChI=1S/C20H15NO6/c22-18-12-13(6-11-17(18)19(23)24)21-20(25)27-16-9-7-15(8-10-16)26-14-4-2-1-3-5-14/h1-12,22H,(H,21,25)(H,23,24). The normalized spacial score (nSPS) is 10.1. The van der Waals surface area contributed by atoms with Crippen molar-refractivity contribution >= 4 is 17.7 Å². The number of anilines is 1. The second-order valence-corrected chi connectivity index (χ2v) is 5.44. The summed E-state index contributed by atoms with van der Waals surface area (Å²) in [5.41, 5.74) is -0.0607. The molecule has 0 radical (unpaired) electrons. The smallest absolute Gasteiger partial charge is 0.417 e. The third kappa shape index (κ3) is 4.76. The maximum Gasteiger partial charge on any atom is 0.417 e. The molecule has 27 heavy (non-hydrogen) atoms. The topological polar surface area (TPSA) is 105 Å². The van der Waals surface area contributed by atoms with E-state index in [1.54, 1.807) is 24.3 Å². The Morgan fingerprint density at radius 2 is 1.44 bits per heavy atom. The fraction of sp³-hybridized carbons (Fsp3) is 0. The van der Waals surface area contributed by atoms with Crippen LogP contribution in [0.25, 0.3) is 0 Å². The molecule has 0 saturated carbocycles. The number of aromatic carboxylic acids is 1. The molecule has 0 aliphatic carbocycles. The Balaban J connectivity index is 1.59. The summed E-state index contributed by atoms with van der Waals surface area (Å²) in [7, 11) is 0. The zero-order valence-corrected chi connectivity index (χ0v) is 14.0. The maximum absolute atomic E-state index is 11.9. The molecule has 0 unspecified atom stereocenters. The quantitative estimate of drug-likeness (QED) is 0.615. The number of hydrogen-bond acceptors (Lipinski definition) is 5. The van der Waals surface area contributed by atoms with E-state index in [9.17, 15) is 14.7 Å². The summed E-state index contributed by atoms with van der Waals surface area (Å²) in [5.74, 6) is -0.155. The number of rotatable bonds is 5. The predicted molar refractivity (Wildman–Crippen MR) is 97.7 cm³/mol. The minimum absolute atomic E-state index is 0.200.